The molecule has 0 radical (unpaired) electrons. The van der Waals surface area contributed by atoms with Gasteiger partial charge < -0.3 is 9.50 Å². The Morgan fingerprint density at radius 1 is 1.16 bits per heavy atom. The Balaban J connectivity index is 0.000000550. The van der Waals surface area contributed by atoms with Crippen LogP contribution in [0.2, 0.25) is 0 Å². The number of hydrogen-bond acceptors (Lipinski definition) is 5. The van der Waals surface area contributed by atoms with E-state index in [1.54, 1.807) is 35.1 Å². The lowest BCUT2D eigenvalue weighted by atomic mass is 10.1. The van der Waals surface area contributed by atoms with Gasteiger partial charge in [0.05, 0.1) is 5.57 Å². The fourth-order valence-corrected chi connectivity index (χ4v) is 2.20. The number of benzene rings is 1. The number of rotatable bonds is 1. The van der Waals surface area contributed by atoms with Gasteiger partial charge in [0, 0.05) is 5.56 Å². The van der Waals surface area contributed by atoms with Crippen molar-refractivity contribution < 1.29 is 17.4 Å². The van der Waals surface area contributed by atoms with Gasteiger partial charge in [0.15, 0.2) is 5.76 Å². The van der Waals surface area contributed by atoms with E-state index in [1.165, 1.54) is 6.92 Å². The van der Waals surface area contributed by atoms with Crippen LogP contribution in [0.25, 0.3) is 5.76 Å². The maximum atomic E-state index is 11.4. The van der Waals surface area contributed by atoms with Crippen molar-refractivity contribution in [2.24, 2.45) is 0 Å². The molecule has 0 unspecified atom stereocenters. The Kier molecular flexibility index (Phi) is 5.08. The fraction of sp³-hybridized carbons (Fsp3) is 0.250. The third-order valence-corrected chi connectivity index (χ3v) is 2.95. The molecule has 0 bridgehead atoms. The van der Waals surface area contributed by atoms with Crippen LogP contribution < -0.4 is 10.0 Å². The smallest absolute Gasteiger partial charge is 0.366 e. The molecule has 1 aliphatic heterocycles. The highest BCUT2D eigenvalue weighted by molar-refractivity contribution is 7.85. The van der Waals surface area contributed by atoms with Gasteiger partial charge in [0.25, 0.3) is 5.91 Å². The molecule has 0 saturated heterocycles. The van der Waals surface area contributed by atoms with E-state index in [4.69, 9.17) is 4.18 Å². The molecule has 2 rings (SSSR count). The van der Waals surface area contributed by atoms with E-state index in [1.807, 2.05) is 14.1 Å². The lowest BCUT2D eigenvalue weighted by molar-refractivity contribution is -0.116. The van der Waals surface area contributed by atoms with E-state index in [-0.39, 0.29) is 11.3 Å². The SMILES string of the molecule is CC1=C(c2ccccc2)OS(=O)(=O)NC1=O.CNC. The van der Waals surface area contributed by atoms with Crippen LogP contribution in [0.1, 0.15) is 12.5 Å². The van der Waals surface area contributed by atoms with Gasteiger partial charge in [-0.25, -0.2) is 4.72 Å². The Hall–Kier alpha value is -1.86. The maximum absolute atomic E-state index is 11.4. The number of nitrogens with one attached hydrogen (secondary N) is 2. The van der Waals surface area contributed by atoms with E-state index in [0.717, 1.165) is 0 Å². The van der Waals surface area contributed by atoms with Crippen molar-refractivity contribution >= 4 is 22.0 Å². The monoisotopic (exact) mass is 284 g/mol. The number of amides is 1. The zero-order chi connectivity index (χ0) is 14.5. The molecule has 19 heavy (non-hydrogen) atoms. The summed E-state index contributed by atoms with van der Waals surface area (Å²) in [4.78, 5) is 11.4. The first-order valence-electron chi connectivity index (χ1n) is 5.52. The predicted molar refractivity (Wildman–Crippen MR) is 72.2 cm³/mol. The van der Waals surface area contributed by atoms with Crippen molar-refractivity contribution in [1.82, 2.24) is 10.0 Å². The Labute approximate surface area is 112 Å². The summed E-state index contributed by atoms with van der Waals surface area (Å²) < 4.78 is 28.9. The van der Waals surface area contributed by atoms with E-state index >= 15 is 0 Å². The summed E-state index contributed by atoms with van der Waals surface area (Å²) in [6.45, 7) is 1.51. The summed E-state index contributed by atoms with van der Waals surface area (Å²) in [7, 11) is -0.270. The lowest BCUT2D eigenvalue weighted by Gasteiger charge is -2.18. The largest absolute Gasteiger partial charge is 0.410 e. The highest BCUT2D eigenvalue weighted by Crippen LogP contribution is 2.25. The minimum atomic E-state index is -4.02. The van der Waals surface area contributed by atoms with Crippen molar-refractivity contribution in [1.29, 1.82) is 0 Å². The molecule has 104 valence electrons. The van der Waals surface area contributed by atoms with Crippen molar-refractivity contribution in [3.8, 4) is 0 Å². The summed E-state index contributed by atoms with van der Waals surface area (Å²) in [5, 5.41) is 2.75. The molecule has 6 nitrogen and oxygen atoms in total. The predicted octanol–water partition coefficient (Wildman–Crippen LogP) is 0.644. The highest BCUT2D eigenvalue weighted by atomic mass is 32.2. The van der Waals surface area contributed by atoms with Crippen molar-refractivity contribution in [3.63, 3.8) is 0 Å². The molecular formula is C12H16N2O4S. The molecule has 1 aliphatic rings. The van der Waals surface area contributed by atoms with Crippen LogP contribution in [0.15, 0.2) is 35.9 Å². The Morgan fingerprint density at radius 2 is 1.68 bits per heavy atom. The summed E-state index contributed by atoms with van der Waals surface area (Å²) in [5.41, 5.74) is 0.791. The van der Waals surface area contributed by atoms with Crippen molar-refractivity contribution in [2.75, 3.05) is 14.1 Å². The van der Waals surface area contributed by atoms with Gasteiger partial charge in [-0.3, -0.25) is 4.79 Å². The van der Waals surface area contributed by atoms with Crippen molar-refractivity contribution in [2.45, 2.75) is 6.92 Å². The molecule has 0 spiro atoms. The Bertz CT molecular complexity index is 579. The number of hydrogen-bond donors (Lipinski definition) is 2. The van der Waals surface area contributed by atoms with Crippen LogP contribution >= 0.6 is 0 Å². The quantitative estimate of drug-likeness (QED) is 0.791. The van der Waals surface area contributed by atoms with Crippen LogP contribution in [-0.2, 0) is 19.3 Å². The van der Waals surface area contributed by atoms with E-state index in [9.17, 15) is 13.2 Å². The highest BCUT2D eigenvalue weighted by Gasteiger charge is 2.29. The molecule has 1 aromatic rings. The topological polar surface area (TPSA) is 84.5 Å². The summed E-state index contributed by atoms with van der Waals surface area (Å²) in [5.74, 6) is -0.588. The van der Waals surface area contributed by atoms with E-state index in [0.29, 0.717) is 5.56 Å². The molecule has 0 saturated carbocycles. The molecule has 0 atom stereocenters. The number of carbonyl (C=O) groups is 1. The molecule has 7 heteroatoms. The second-order valence-electron chi connectivity index (χ2n) is 3.79. The van der Waals surface area contributed by atoms with Gasteiger partial charge in [-0.1, -0.05) is 30.3 Å². The molecule has 2 N–H and O–H groups in total. The minimum Gasteiger partial charge on any atom is -0.366 e. The maximum Gasteiger partial charge on any atom is 0.410 e. The van der Waals surface area contributed by atoms with Gasteiger partial charge >= 0.3 is 10.3 Å². The molecule has 1 heterocycles. The molecule has 1 aromatic carbocycles. The van der Waals surface area contributed by atoms with E-state index in [2.05, 4.69) is 5.32 Å². The van der Waals surface area contributed by atoms with Gasteiger partial charge in [-0.15, -0.1) is 0 Å². The lowest BCUT2D eigenvalue weighted by Crippen LogP contribution is -2.36. The summed E-state index contributed by atoms with van der Waals surface area (Å²) >= 11 is 0. The van der Waals surface area contributed by atoms with E-state index < -0.39 is 16.2 Å². The first-order valence-corrected chi connectivity index (χ1v) is 6.93. The van der Waals surface area contributed by atoms with Gasteiger partial charge in [-0.2, -0.15) is 8.42 Å². The molecule has 0 fully saturated rings. The van der Waals surface area contributed by atoms with Crippen molar-refractivity contribution in [3.05, 3.63) is 41.5 Å². The van der Waals surface area contributed by atoms with Crippen LogP contribution in [0.5, 0.6) is 0 Å². The van der Waals surface area contributed by atoms with Gasteiger partial charge in [0.2, 0.25) is 0 Å². The van der Waals surface area contributed by atoms with Gasteiger partial charge in [-0.05, 0) is 21.0 Å². The minimum absolute atomic E-state index is 0.0735. The third-order valence-electron chi connectivity index (χ3n) is 2.13. The van der Waals surface area contributed by atoms with Crippen LogP contribution in [-0.4, -0.2) is 28.4 Å². The molecular weight excluding hydrogens is 268 g/mol. The van der Waals surface area contributed by atoms with Crippen LogP contribution in [0.3, 0.4) is 0 Å². The zero-order valence-corrected chi connectivity index (χ0v) is 11.7. The van der Waals surface area contributed by atoms with Gasteiger partial charge in [0.1, 0.15) is 0 Å². The Morgan fingerprint density at radius 3 is 2.21 bits per heavy atom. The van der Waals surface area contributed by atoms with Crippen LogP contribution in [0.4, 0.5) is 0 Å². The second-order valence-corrected chi connectivity index (χ2v) is 5.07. The first kappa shape index (κ1) is 15.2. The normalized spacial score (nSPS) is 16.9. The average Bonchev–Trinajstić information content (AvgIpc) is 2.35. The summed E-state index contributed by atoms with van der Waals surface area (Å²) in [6.07, 6.45) is 0. The number of carbonyl (C=O) groups excluding carboxylic acids is 1. The standard InChI is InChI=1S/C10H9NO4S.C2H7N/c1-7-9(8-5-3-2-4-6-8)15-16(13,14)11-10(7)12;1-3-2/h2-6H,1H3,(H,11,12);3H,1-2H3. The molecule has 1 amide bonds. The third kappa shape index (κ3) is 4.08. The molecule has 0 aromatic heterocycles. The summed E-state index contributed by atoms with van der Waals surface area (Å²) in [6, 6.07) is 8.60. The fourth-order valence-electron chi connectivity index (χ4n) is 1.34. The van der Waals surface area contributed by atoms with Crippen LogP contribution in [0, 0.1) is 0 Å². The first-order chi connectivity index (χ1) is 8.91. The average molecular weight is 284 g/mol. The molecule has 0 aliphatic carbocycles. The second kappa shape index (κ2) is 6.35. The zero-order valence-electron chi connectivity index (χ0n) is 10.9.